The van der Waals surface area contributed by atoms with Crippen LogP contribution in [0.4, 0.5) is 0 Å². The minimum atomic E-state index is -3.45. The summed E-state index contributed by atoms with van der Waals surface area (Å²) in [7, 11) is -3.45. The fourth-order valence-electron chi connectivity index (χ4n) is 3.05. The second kappa shape index (κ2) is 5.47. The van der Waals surface area contributed by atoms with Gasteiger partial charge in [0.25, 0.3) is 0 Å². The molecule has 2 rings (SSSR count). The lowest BCUT2D eigenvalue weighted by Crippen LogP contribution is -2.40. The van der Waals surface area contributed by atoms with Gasteiger partial charge >= 0.3 is 0 Å². The Morgan fingerprint density at radius 3 is 2.25 bits per heavy atom. The molecule has 1 aromatic rings. The number of nitrogens with zero attached hydrogens (tertiary/aromatic N) is 1. The maximum absolute atomic E-state index is 13.0. The highest BCUT2D eigenvalue weighted by Crippen LogP contribution is 2.32. The summed E-state index contributed by atoms with van der Waals surface area (Å²) in [5, 5.41) is 0. The average Bonchev–Trinajstić information content (AvgIpc) is 2.85. The van der Waals surface area contributed by atoms with Gasteiger partial charge in [0.15, 0.2) is 0 Å². The van der Waals surface area contributed by atoms with Crippen LogP contribution in [-0.2, 0) is 10.0 Å². The summed E-state index contributed by atoms with van der Waals surface area (Å²) in [4.78, 5) is 0.482. The number of hydrogen-bond acceptors (Lipinski definition) is 3. The lowest BCUT2D eigenvalue weighted by Gasteiger charge is -2.26. The fraction of sp³-hybridized carbons (Fsp3) is 0.600. The lowest BCUT2D eigenvalue weighted by atomic mass is 10.0. The fourth-order valence-corrected chi connectivity index (χ4v) is 5.33. The summed E-state index contributed by atoms with van der Waals surface area (Å²) in [5.41, 5.74) is 9.49. The van der Waals surface area contributed by atoms with E-state index < -0.39 is 10.0 Å². The molecule has 0 bridgehead atoms. The maximum atomic E-state index is 13.0. The van der Waals surface area contributed by atoms with E-state index in [-0.39, 0.29) is 6.04 Å². The highest BCUT2D eigenvalue weighted by molar-refractivity contribution is 7.89. The average molecular weight is 296 g/mol. The molecular weight excluding hydrogens is 272 g/mol. The minimum Gasteiger partial charge on any atom is -0.329 e. The van der Waals surface area contributed by atoms with Crippen molar-refractivity contribution in [2.75, 3.05) is 13.1 Å². The van der Waals surface area contributed by atoms with Gasteiger partial charge in [-0.05, 0) is 62.8 Å². The topological polar surface area (TPSA) is 63.4 Å². The number of hydrogen-bond donors (Lipinski definition) is 1. The van der Waals surface area contributed by atoms with Crippen molar-refractivity contribution in [3.05, 3.63) is 28.3 Å². The third-order valence-corrected chi connectivity index (χ3v) is 6.69. The molecule has 0 spiro atoms. The molecule has 1 aliphatic heterocycles. The van der Waals surface area contributed by atoms with Crippen molar-refractivity contribution in [2.24, 2.45) is 5.73 Å². The first-order chi connectivity index (χ1) is 9.30. The van der Waals surface area contributed by atoms with Gasteiger partial charge in [0.2, 0.25) is 10.0 Å². The van der Waals surface area contributed by atoms with Crippen LogP contribution in [0.1, 0.15) is 35.1 Å². The van der Waals surface area contributed by atoms with Crippen molar-refractivity contribution >= 4 is 10.0 Å². The number of sulfonamides is 1. The van der Waals surface area contributed by atoms with Crippen molar-refractivity contribution in [1.82, 2.24) is 4.31 Å². The molecule has 0 aliphatic carbocycles. The van der Waals surface area contributed by atoms with E-state index in [1.54, 1.807) is 4.31 Å². The highest BCUT2D eigenvalue weighted by Gasteiger charge is 2.36. The van der Waals surface area contributed by atoms with Crippen LogP contribution in [0, 0.1) is 27.7 Å². The van der Waals surface area contributed by atoms with Crippen LogP contribution in [0.25, 0.3) is 0 Å². The van der Waals surface area contributed by atoms with Gasteiger partial charge in [-0.15, -0.1) is 0 Å². The van der Waals surface area contributed by atoms with E-state index in [9.17, 15) is 8.42 Å². The van der Waals surface area contributed by atoms with Crippen molar-refractivity contribution in [3.63, 3.8) is 0 Å². The number of aryl methyl sites for hydroxylation is 2. The van der Waals surface area contributed by atoms with Gasteiger partial charge in [0.05, 0.1) is 4.90 Å². The van der Waals surface area contributed by atoms with Crippen LogP contribution in [0.2, 0.25) is 0 Å². The number of rotatable bonds is 3. The Hall–Kier alpha value is -0.910. The second-order valence-electron chi connectivity index (χ2n) is 5.74. The van der Waals surface area contributed by atoms with Gasteiger partial charge in [0, 0.05) is 19.1 Å². The summed E-state index contributed by atoms with van der Waals surface area (Å²) in [6.45, 7) is 8.68. The first-order valence-electron chi connectivity index (χ1n) is 7.10. The number of benzene rings is 1. The number of nitrogens with two attached hydrogens (primary N) is 1. The molecule has 1 aliphatic rings. The van der Waals surface area contributed by atoms with Crippen molar-refractivity contribution in [2.45, 2.75) is 51.5 Å². The first-order valence-corrected chi connectivity index (χ1v) is 8.54. The van der Waals surface area contributed by atoms with Gasteiger partial charge in [-0.25, -0.2) is 8.42 Å². The zero-order valence-electron chi connectivity index (χ0n) is 12.7. The monoisotopic (exact) mass is 296 g/mol. The maximum Gasteiger partial charge on any atom is 0.243 e. The van der Waals surface area contributed by atoms with E-state index in [2.05, 4.69) is 0 Å². The SMILES string of the molecule is Cc1cc(C)c(C)c(S(=O)(=O)N2CCCC2CN)c1C. The van der Waals surface area contributed by atoms with E-state index in [0.717, 1.165) is 35.1 Å². The molecular formula is C15H24N2O2S. The zero-order chi connectivity index (χ0) is 15.1. The van der Waals surface area contributed by atoms with Gasteiger partial charge in [0.1, 0.15) is 0 Å². The molecule has 1 unspecified atom stereocenters. The molecule has 1 heterocycles. The molecule has 4 nitrogen and oxygen atoms in total. The van der Waals surface area contributed by atoms with Crippen molar-refractivity contribution in [3.8, 4) is 0 Å². The van der Waals surface area contributed by atoms with Crippen LogP contribution >= 0.6 is 0 Å². The third kappa shape index (κ3) is 2.38. The van der Waals surface area contributed by atoms with E-state index in [1.165, 1.54) is 0 Å². The Bertz CT molecular complexity index is 597. The first kappa shape index (κ1) is 15.5. The second-order valence-corrected chi connectivity index (χ2v) is 7.56. The minimum absolute atomic E-state index is 0.0559. The summed E-state index contributed by atoms with van der Waals surface area (Å²) in [5.74, 6) is 0. The normalized spacial score (nSPS) is 20.6. The van der Waals surface area contributed by atoms with Crippen molar-refractivity contribution < 1.29 is 8.42 Å². The molecule has 1 aromatic carbocycles. The molecule has 20 heavy (non-hydrogen) atoms. The third-order valence-electron chi connectivity index (χ3n) is 4.46. The van der Waals surface area contributed by atoms with Crippen LogP contribution in [-0.4, -0.2) is 31.9 Å². The molecule has 1 atom stereocenters. The lowest BCUT2D eigenvalue weighted by molar-refractivity contribution is 0.392. The Morgan fingerprint density at radius 1 is 1.20 bits per heavy atom. The van der Waals surface area contributed by atoms with E-state index in [0.29, 0.717) is 18.0 Å². The van der Waals surface area contributed by atoms with E-state index >= 15 is 0 Å². The predicted molar refractivity (Wildman–Crippen MR) is 81.4 cm³/mol. The van der Waals surface area contributed by atoms with Gasteiger partial charge < -0.3 is 5.73 Å². The van der Waals surface area contributed by atoms with Crippen LogP contribution in [0.5, 0.6) is 0 Å². The van der Waals surface area contributed by atoms with E-state index in [1.807, 2.05) is 33.8 Å². The molecule has 0 saturated carbocycles. The van der Waals surface area contributed by atoms with Crippen LogP contribution in [0.15, 0.2) is 11.0 Å². The quantitative estimate of drug-likeness (QED) is 0.928. The Morgan fingerprint density at radius 2 is 1.75 bits per heavy atom. The molecule has 0 aromatic heterocycles. The predicted octanol–water partition coefficient (Wildman–Crippen LogP) is 2.03. The Kier molecular flexibility index (Phi) is 4.23. The molecule has 112 valence electrons. The summed E-state index contributed by atoms with van der Waals surface area (Å²) >= 11 is 0. The summed E-state index contributed by atoms with van der Waals surface area (Å²) < 4.78 is 27.6. The van der Waals surface area contributed by atoms with Crippen LogP contribution < -0.4 is 5.73 Å². The van der Waals surface area contributed by atoms with Gasteiger partial charge in [-0.3, -0.25) is 0 Å². The molecule has 1 fully saturated rings. The largest absolute Gasteiger partial charge is 0.329 e. The molecule has 1 saturated heterocycles. The van der Waals surface area contributed by atoms with Gasteiger partial charge in [-0.2, -0.15) is 4.31 Å². The smallest absolute Gasteiger partial charge is 0.243 e. The Balaban J connectivity index is 2.61. The van der Waals surface area contributed by atoms with E-state index in [4.69, 9.17) is 5.73 Å². The summed E-state index contributed by atoms with van der Waals surface area (Å²) in [6, 6.07) is 1.99. The summed E-state index contributed by atoms with van der Waals surface area (Å²) in [6.07, 6.45) is 1.75. The standard InChI is InChI=1S/C15H24N2O2S/c1-10-8-11(2)13(4)15(12(10)3)20(18,19)17-7-5-6-14(17)9-16/h8,14H,5-7,9,16H2,1-4H3. The molecule has 0 amide bonds. The molecule has 5 heteroatoms. The Labute approximate surface area is 122 Å². The van der Waals surface area contributed by atoms with Gasteiger partial charge in [-0.1, -0.05) is 6.07 Å². The molecule has 0 radical (unpaired) electrons. The van der Waals surface area contributed by atoms with Crippen LogP contribution in [0.3, 0.4) is 0 Å². The van der Waals surface area contributed by atoms with Crippen molar-refractivity contribution in [1.29, 1.82) is 0 Å². The molecule has 2 N–H and O–H groups in total. The zero-order valence-corrected chi connectivity index (χ0v) is 13.5. The highest BCUT2D eigenvalue weighted by atomic mass is 32.2.